The Hall–Kier alpha value is -3.93. The number of carbonyl (C=O) groups excluding carboxylic acids is 1. The van der Waals surface area contributed by atoms with Gasteiger partial charge < -0.3 is 14.3 Å². The van der Waals surface area contributed by atoms with Gasteiger partial charge in [0.05, 0.1) is 17.4 Å². The maximum atomic E-state index is 13.2. The quantitative estimate of drug-likeness (QED) is 0.387. The second-order valence-corrected chi connectivity index (χ2v) is 7.17. The highest BCUT2D eigenvalue weighted by atomic mass is 19.1. The number of aromatic hydroxyl groups is 1. The Bertz CT molecular complexity index is 1350. The van der Waals surface area contributed by atoms with Crippen molar-refractivity contribution in [3.8, 4) is 22.6 Å². The van der Waals surface area contributed by atoms with E-state index in [1.807, 2.05) is 0 Å². The third-order valence-corrected chi connectivity index (χ3v) is 5.31. The summed E-state index contributed by atoms with van der Waals surface area (Å²) in [5, 5.41) is 10.2. The van der Waals surface area contributed by atoms with E-state index in [0.717, 1.165) is 0 Å². The molecular formula is C24H15FO5. The predicted molar refractivity (Wildman–Crippen MR) is 108 cm³/mol. The zero-order valence-electron chi connectivity index (χ0n) is 15.6. The fraction of sp³-hybridized carbons (Fsp3) is 0.0833. The van der Waals surface area contributed by atoms with E-state index in [4.69, 9.17) is 9.15 Å². The second kappa shape index (κ2) is 6.84. The monoisotopic (exact) mass is 402 g/mol. The molecule has 0 aliphatic carbocycles. The molecule has 30 heavy (non-hydrogen) atoms. The van der Waals surface area contributed by atoms with Crippen LogP contribution in [0.4, 0.5) is 4.39 Å². The molecule has 1 aromatic heterocycles. The summed E-state index contributed by atoms with van der Waals surface area (Å²) in [5.74, 6) is -0.829. The highest BCUT2D eigenvalue weighted by molar-refractivity contribution is 5.90. The Labute approximate surface area is 170 Å². The Morgan fingerprint density at radius 1 is 1.00 bits per heavy atom. The average molecular weight is 402 g/mol. The second-order valence-electron chi connectivity index (χ2n) is 7.17. The van der Waals surface area contributed by atoms with Crippen molar-refractivity contribution in [3.05, 3.63) is 94.1 Å². The molecule has 1 aliphatic heterocycles. The fourth-order valence-corrected chi connectivity index (χ4v) is 3.91. The minimum atomic E-state index is -0.433. The van der Waals surface area contributed by atoms with E-state index in [-0.39, 0.29) is 17.6 Å². The van der Waals surface area contributed by atoms with Gasteiger partial charge in [-0.3, -0.25) is 9.59 Å². The molecule has 0 saturated carbocycles. The first kappa shape index (κ1) is 18.1. The number of halogens is 1. The van der Waals surface area contributed by atoms with Crippen molar-refractivity contribution < 1.29 is 23.4 Å². The highest BCUT2D eigenvalue weighted by Crippen LogP contribution is 2.43. The summed E-state index contributed by atoms with van der Waals surface area (Å²) in [6, 6.07) is 15.4. The summed E-state index contributed by atoms with van der Waals surface area (Å²) in [6.07, 6.45) is 1.40. The zero-order valence-corrected chi connectivity index (χ0v) is 15.6. The first-order valence-electron chi connectivity index (χ1n) is 9.35. The third kappa shape index (κ3) is 2.93. The van der Waals surface area contributed by atoms with Crippen LogP contribution in [0.5, 0.6) is 11.5 Å². The number of hydrogen-bond acceptors (Lipinski definition) is 5. The summed E-state index contributed by atoms with van der Waals surface area (Å²) in [5.41, 5.74) is 2.21. The summed E-state index contributed by atoms with van der Waals surface area (Å²) in [7, 11) is 0. The highest BCUT2D eigenvalue weighted by Gasteiger charge is 2.32. The van der Waals surface area contributed by atoms with Gasteiger partial charge in [-0.2, -0.15) is 0 Å². The van der Waals surface area contributed by atoms with Gasteiger partial charge in [-0.15, -0.1) is 0 Å². The molecule has 0 saturated heterocycles. The SMILES string of the molecule is O=C1C[C@@H](c2cccc(O)c2)c2c(ccc3c(=O)c(-c4ccc(F)cc4)coc23)O1. The van der Waals surface area contributed by atoms with Crippen LogP contribution in [0.1, 0.15) is 23.5 Å². The number of esters is 1. The summed E-state index contributed by atoms with van der Waals surface area (Å²) in [6.45, 7) is 0. The molecule has 5 nitrogen and oxygen atoms in total. The number of ether oxygens (including phenoxy) is 1. The van der Waals surface area contributed by atoms with Gasteiger partial charge in [0.25, 0.3) is 0 Å². The Kier molecular flexibility index (Phi) is 4.13. The van der Waals surface area contributed by atoms with E-state index in [1.54, 1.807) is 36.4 Å². The molecule has 1 atom stereocenters. The lowest BCUT2D eigenvalue weighted by Gasteiger charge is -2.25. The lowest BCUT2D eigenvalue weighted by atomic mass is 9.85. The van der Waals surface area contributed by atoms with Gasteiger partial charge in [0, 0.05) is 11.5 Å². The number of hydrogen-bond donors (Lipinski definition) is 1. The lowest BCUT2D eigenvalue weighted by Crippen LogP contribution is -2.22. The molecule has 2 heterocycles. The van der Waals surface area contributed by atoms with Crippen molar-refractivity contribution in [1.82, 2.24) is 0 Å². The van der Waals surface area contributed by atoms with Gasteiger partial charge in [0.1, 0.15) is 29.2 Å². The first-order chi connectivity index (χ1) is 14.5. The lowest BCUT2D eigenvalue weighted by molar-refractivity contribution is -0.135. The van der Waals surface area contributed by atoms with Crippen molar-refractivity contribution in [3.63, 3.8) is 0 Å². The fourth-order valence-electron chi connectivity index (χ4n) is 3.91. The van der Waals surface area contributed by atoms with Crippen LogP contribution in [0, 0.1) is 5.82 Å². The maximum absolute atomic E-state index is 13.2. The van der Waals surface area contributed by atoms with Crippen molar-refractivity contribution >= 4 is 16.9 Å². The number of rotatable bonds is 2. The van der Waals surface area contributed by atoms with Gasteiger partial charge in [-0.05, 0) is 47.5 Å². The van der Waals surface area contributed by atoms with Crippen molar-refractivity contribution in [1.29, 1.82) is 0 Å². The standard InChI is InChI=1S/C24H15FO5/c25-15-6-4-13(5-7-15)19-12-29-24-17(23(19)28)8-9-20-22(24)18(11-21(27)30-20)14-2-1-3-16(26)10-14/h1-10,12,18,26H,11H2/t18-/m0/s1. The van der Waals surface area contributed by atoms with Crippen LogP contribution in [0.15, 0.2) is 76.1 Å². The van der Waals surface area contributed by atoms with E-state index >= 15 is 0 Å². The zero-order chi connectivity index (χ0) is 20.8. The minimum absolute atomic E-state index is 0.0546. The van der Waals surface area contributed by atoms with Crippen LogP contribution in [-0.4, -0.2) is 11.1 Å². The van der Waals surface area contributed by atoms with Gasteiger partial charge >= 0.3 is 5.97 Å². The number of fused-ring (bicyclic) bond motifs is 3. The number of carbonyl (C=O) groups is 1. The molecule has 6 heteroatoms. The molecule has 148 valence electrons. The first-order valence-corrected chi connectivity index (χ1v) is 9.35. The molecule has 0 bridgehead atoms. The van der Waals surface area contributed by atoms with Gasteiger partial charge in [0.15, 0.2) is 0 Å². The summed E-state index contributed by atoms with van der Waals surface area (Å²) < 4.78 is 24.5. The third-order valence-electron chi connectivity index (χ3n) is 5.31. The van der Waals surface area contributed by atoms with E-state index in [0.29, 0.717) is 39.0 Å². The molecule has 1 aliphatic rings. The van der Waals surface area contributed by atoms with Crippen LogP contribution in [0.2, 0.25) is 0 Å². The normalized spacial score (nSPS) is 15.6. The molecule has 0 amide bonds. The Balaban J connectivity index is 1.74. The topological polar surface area (TPSA) is 76.7 Å². The molecule has 0 spiro atoms. The maximum Gasteiger partial charge on any atom is 0.312 e. The minimum Gasteiger partial charge on any atom is -0.508 e. The van der Waals surface area contributed by atoms with Crippen LogP contribution in [0.3, 0.4) is 0 Å². The Morgan fingerprint density at radius 2 is 1.80 bits per heavy atom. The largest absolute Gasteiger partial charge is 0.508 e. The van der Waals surface area contributed by atoms with E-state index in [1.165, 1.54) is 30.5 Å². The summed E-state index contributed by atoms with van der Waals surface area (Å²) >= 11 is 0. The van der Waals surface area contributed by atoms with Crippen molar-refractivity contribution in [2.24, 2.45) is 0 Å². The number of benzene rings is 3. The number of phenols is 1. The van der Waals surface area contributed by atoms with Crippen LogP contribution >= 0.6 is 0 Å². The molecule has 0 unspecified atom stereocenters. The smallest absolute Gasteiger partial charge is 0.312 e. The molecule has 4 aromatic rings. The van der Waals surface area contributed by atoms with Crippen LogP contribution in [0.25, 0.3) is 22.1 Å². The van der Waals surface area contributed by atoms with E-state index in [9.17, 15) is 19.1 Å². The molecule has 0 radical (unpaired) electrons. The van der Waals surface area contributed by atoms with Gasteiger partial charge in [-0.1, -0.05) is 24.3 Å². The molecule has 1 N–H and O–H groups in total. The molecular weight excluding hydrogens is 387 g/mol. The molecule has 5 rings (SSSR count). The number of phenolic OH excluding ortho intramolecular Hbond substituents is 1. The Morgan fingerprint density at radius 3 is 2.57 bits per heavy atom. The van der Waals surface area contributed by atoms with Crippen LogP contribution in [-0.2, 0) is 4.79 Å². The van der Waals surface area contributed by atoms with Crippen molar-refractivity contribution in [2.45, 2.75) is 12.3 Å². The van der Waals surface area contributed by atoms with Gasteiger partial charge in [-0.25, -0.2) is 4.39 Å². The summed E-state index contributed by atoms with van der Waals surface area (Å²) in [4.78, 5) is 25.3. The van der Waals surface area contributed by atoms with E-state index in [2.05, 4.69) is 0 Å². The predicted octanol–water partition coefficient (Wildman–Crippen LogP) is 4.75. The van der Waals surface area contributed by atoms with E-state index < -0.39 is 17.7 Å². The average Bonchev–Trinajstić information content (AvgIpc) is 2.74. The molecule has 0 fully saturated rings. The van der Waals surface area contributed by atoms with Gasteiger partial charge in [0.2, 0.25) is 5.43 Å². The molecule has 3 aromatic carbocycles. The van der Waals surface area contributed by atoms with Crippen LogP contribution < -0.4 is 10.2 Å². The van der Waals surface area contributed by atoms with Crippen molar-refractivity contribution in [2.75, 3.05) is 0 Å².